The highest BCUT2D eigenvalue weighted by Gasteiger charge is 2.34. The van der Waals surface area contributed by atoms with Crippen molar-refractivity contribution in [1.29, 1.82) is 5.41 Å². The van der Waals surface area contributed by atoms with Crippen LogP contribution < -0.4 is 10.6 Å². The van der Waals surface area contributed by atoms with Gasteiger partial charge in [0.05, 0.1) is 12.9 Å². The number of nitrogens with one attached hydrogen (secondary N) is 2. The zero-order valence-electron chi connectivity index (χ0n) is 18.7. The number of methoxy groups -OCH3 is 1. The van der Waals surface area contributed by atoms with Gasteiger partial charge in [-0.05, 0) is 44.0 Å². The summed E-state index contributed by atoms with van der Waals surface area (Å²) in [5.41, 5.74) is 8.21. The minimum atomic E-state index is 0.00324. The molecule has 1 atom stereocenters. The number of imidazole rings is 1. The summed E-state index contributed by atoms with van der Waals surface area (Å²) in [7, 11) is 1.71. The number of hydrogen-bond donors (Lipinski definition) is 3. The van der Waals surface area contributed by atoms with Crippen molar-refractivity contribution in [3.05, 3.63) is 48.0 Å². The van der Waals surface area contributed by atoms with Gasteiger partial charge in [-0.2, -0.15) is 0 Å². The Hall–Kier alpha value is -2.91. The molecule has 4 N–H and O–H groups in total. The number of aromatic nitrogens is 2. The molecule has 3 heterocycles. The number of nitrogen functional groups attached to an aromatic ring is 1. The van der Waals surface area contributed by atoms with Gasteiger partial charge in [0.25, 0.3) is 0 Å². The first-order valence-corrected chi connectivity index (χ1v) is 11.2. The van der Waals surface area contributed by atoms with Crippen LogP contribution in [0.1, 0.15) is 24.1 Å². The lowest BCUT2D eigenvalue weighted by atomic mass is 9.95. The van der Waals surface area contributed by atoms with Gasteiger partial charge < -0.3 is 20.4 Å². The van der Waals surface area contributed by atoms with E-state index in [4.69, 9.17) is 15.9 Å². The molecule has 32 heavy (non-hydrogen) atoms. The van der Waals surface area contributed by atoms with Crippen LogP contribution in [0, 0.1) is 17.2 Å². The Balaban J connectivity index is 1.40. The minimum Gasteiger partial charge on any atom is -0.384 e. The zero-order chi connectivity index (χ0) is 22.5. The van der Waals surface area contributed by atoms with Crippen molar-refractivity contribution >= 4 is 17.6 Å². The molecule has 9 heteroatoms. The fourth-order valence-electron chi connectivity index (χ4n) is 4.76. The molecule has 172 valence electrons. The number of nitrogens with two attached hydrogens (primary N) is 1. The summed E-state index contributed by atoms with van der Waals surface area (Å²) in [6, 6.07) is 7.39. The Labute approximate surface area is 189 Å². The van der Waals surface area contributed by atoms with Gasteiger partial charge in [-0.3, -0.25) is 15.2 Å². The highest BCUT2D eigenvalue weighted by atomic mass is 16.5. The number of piperidine rings is 1. The third-order valence-corrected chi connectivity index (χ3v) is 6.43. The number of aromatic amines is 1. The number of urea groups is 1. The van der Waals surface area contributed by atoms with E-state index in [0.29, 0.717) is 31.2 Å². The molecule has 2 aromatic rings. The molecular weight excluding hydrogens is 406 g/mol. The third kappa shape index (κ3) is 5.28. The lowest BCUT2D eigenvalue weighted by Crippen LogP contribution is -2.56. The largest absolute Gasteiger partial charge is 0.384 e. The summed E-state index contributed by atoms with van der Waals surface area (Å²) in [6.07, 6.45) is 5.75. The topological polar surface area (TPSA) is 115 Å². The number of rotatable bonds is 8. The molecule has 2 saturated heterocycles. The van der Waals surface area contributed by atoms with Crippen molar-refractivity contribution in [3.8, 4) is 0 Å². The van der Waals surface area contributed by atoms with Gasteiger partial charge in [0.15, 0.2) is 0 Å². The highest BCUT2D eigenvalue weighted by molar-refractivity contribution is 5.98. The molecule has 1 aromatic carbocycles. The fourth-order valence-corrected chi connectivity index (χ4v) is 4.76. The van der Waals surface area contributed by atoms with E-state index in [1.54, 1.807) is 19.5 Å². The van der Waals surface area contributed by atoms with E-state index in [0.717, 1.165) is 50.4 Å². The van der Waals surface area contributed by atoms with E-state index < -0.39 is 0 Å². The number of ether oxygens (including phenoxy) is 1. The van der Waals surface area contributed by atoms with Gasteiger partial charge in [0, 0.05) is 62.3 Å². The SMILES string of the molecule is COCC1CN(CC2CCN(Cc3cnc[nH]3)CC2)C(=O)N(c2cccc(C(=N)N)c2)C1. The predicted molar refractivity (Wildman–Crippen MR) is 124 cm³/mol. The van der Waals surface area contributed by atoms with Crippen LogP contribution in [0.15, 0.2) is 36.8 Å². The van der Waals surface area contributed by atoms with Crippen LogP contribution in [0.4, 0.5) is 10.5 Å². The first-order chi connectivity index (χ1) is 15.5. The second-order valence-corrected chi connectivity index (χ2v) is 8.88. The molecule has 0 aliphatic carbocycles. The maximum atomic E-state index is 13.4. The predicted octanol–water partition coefficient (Wildman–Crippen LogP) is 2.11. The van der Waals surface area contributed by atoms with E-state index >= 15 is 0 Å². The molecule has 0 spiro atoms. The van der Waals surface area contributed by atoms with E-state index in [1.165, 1.54) is 0 Å². The number of anilines is 1. The summed E-state index contributed by atoms with van der Waals surface area (Å²) < 4.78 is 5.43. The van der Waals surface area contributed by atoms with Gasteiger partial charge >= 0.3 is 6.03 Å². The number of likely N-dealkylation sites (tertiary alicyclic amines) is 1. The average Bonchev–Trinajstić information content (AvgIpc) is 3.30. The summed E-state index contributed by atoms with van der Waals surface area (Å²) in [5, 5.41) is 7.72. The van der Waals surface area contributed by atoms with Crippen LogP contribution in [0.2, 0.25) is 0 Å². The number of benzene rings is 1. The van der Waals surface area contributed by atoms with E-state index in [2.05, 4.69) is 14.9 Å². The van der Waals surface area contributed by atoms with Crippen LogP contribution in [0.25, 0.3) is 0 Å². The number of carbonyl (C=O) groups is 1. The monoisotopic (exact) mass is 439 g/mol. The van der Waals surface area contributed by atoms with Gasteiger partial charge in [-0.1, -0.05) is 12.1 Å². The zero-order valence-corrected chi connectivity index (χ0v) is 18.7. The van der Waals surface area contributed by atoms with Gasteiger partial charge in [-0.15, -0.1) is 0 Å². The first-order valence-electron chi connectivity index (χ1n) is 11.2. The van der Waals surface area contributed by atoms with Crippen LogP contribution >= 0.6 is 0 Å². The molecular formula is C23H33N7O2. The Morgan fingerprint density at radius 2 is 2.09 bits per heavy atom. The molecule has 2 aliphatic heterocycles. The van der Waals surface area contributed by atoms with Crippen LogP contribution in [-0.4, -0.2) is 78.1 Å². The van der Waals surface area contributed by atoms with Crippen molar-refractivity contribution in [2.75, 3.05) is 51.3 Å². The molecule has 2 amide bonds. The molecule has 2 aliphatic rings. The Morgan fingerprint density at radius 3 is 2.78 bits per heavy atom. The van der Waals surface area contributed by atoms with Crippen LogP contribution in [-0.2, 0) is 11.3 Å². The highest BCUT2D eigenvalue weighted by Crippen LogP contribution is 2.27. The van der Waals surface area contributed by atoms with E-state index in [1.807, 2.05) is 34.2 Å². The standard InChI is InChI=1S/C23H33N7O2/c1-32-15-18-12-29(11-17-5-7-28(8-6-17)14-20-10-26-16-27-20)23(31)30(13-18)21-4-2-3-19(9-21)22(24)25/h2-4,9-10,16-18H,5-8,11-15H2,1H3,(H3,24,25)(H,26,27). The van der Waals surface area contributed by atoms with E-state index in [9.17, 15) is 4.79 Å². The normalized spacial score (nSPS) is 20.7. The van der Waals surface area contributed by atoms with Gasteiger partial charge in [-0.25, -0.2) is 9.78 Å². The van der Waals surface area contributed by atoms with Crippen LogP contribution in [0.5, 0.6) is 0 Å². The number of hydrogen-bond acceptors (Lipinski definition) is 5. The maximum Gasteiger partial charge on any atom is 0.324 e. The summed E-state index contributed by atoms with van der Waals surface area (Å²) in [4.78, 5) is 26.9. The lowest BCUT2D eigenvalue weighted by molar-refractivity contribution is 0.0984. The molecule has 1 unspecified atom stereocenters. The summed E-state index contributed by atoms with van der Waals surface area (Å²) in [5.74, 6) is 0.728. The third-order valence-electron chi connectivity index (χ3n) is 6.43. The number of nitrogens with zero attached hydrogens (tertiary/aromatic N) is 4. The van der Waals surface area contributed by atoms with Crippen LogP contribution in [0.3, 0.4) is 0 Å². The Morgan fingerprint density at radius 1 is 1.28 bits per heavy atom. The van der Waals surface area contributed by atoms with Crippen molar-refractivity contribution < 1.29 is 9.53 Å². The number of amides is 2. The minimum absolute atomic E-state index is 0.00324. The molecule has 9 nitrogen and oxygen atoms in total. The fraction of sp³-hybridized carbons (Fsp3) is 0.522. The molecule has 0 radical (unpaired) electrons. The maximum absolute atomic E-state index is 13.4. The van der Waals surface area contributed by atoms with Gasteiger partial charge in [0.1, 0.15) is 5.84 Å². The Kier molecular flexibility index (Phi) is 7.06. The number of amidine groups is 1. The molecule has 0 bridgehead atoms. The summed E-state index contributed by atoms with van der Waals surface area (Å²) in [6.45, 7) is 5.63. The smallest absolute Gasteiger partial charge is 0.324 e. The van der Waals surface area contributed by atoms with Crippen molar-refractivity contribution in [2.45, 2.75) is 19.4 Å². The molecule has 0 saturated carbocycles. The Bertz CT molecular complexity index is 909. The van der Waals surface area contributed by atoms with Crippen molar-refractivity contribution in [1.82, 2.24) is 19.8 Å². The van der Waals surface area contributed by atoms with Gasteiger partial charge in [0.2, 0.25) is 0 Å². The lowest BCUT2D eigenvalue weighted by Gasteiger charge is -2.42. The molecule has 4 rings (SSSR count). The van der Waals surface area contributed by atoms with E-state index in [-0.39, 0.29) is 17.8 Å². The molecule has 2 fully saturated rings. The first kappa shape index (κ1) is 22.3. The van der Waals surface area contributed by atoms with Crippen molar-refractivity contribution in [2.24, 2.45) is 17.6 Å². The quantitative estimate of drug-likeness (QED) is 0.431. The second-order valence-electron chi connectivity index (χ2n) is 8.88. The second kappa shape index (κ2) is 10.1. The summed E-state index contributed by atoms with van der Waals surface area (Å²) >= 11 is 0. The van der Waals surface area contributed by atoms with Crippen molar-refractivity contribution in [3.63, 3.8) is 0 Å². The number of carbonyl (C=O) groups excluding carboxylic acids is 1. The molecule has 1 aromatic heterocycles. The number of H-pyrrole nitrogens is 1. The average molecular weight is 440 g/mol.